The lowest BCUT2D eigenvalue weighted by atomic mass is 10.1. The second kappa shape index (κ2) is 9.67. The summed E-state index contributed by atoms with van der Waals surface area (Å²) in [6.45, 7) is 3.59. The van der Waals surface area contributed by atoms with Crippen LogP contribution in [0.15, 0.2) is 37.0 Å². The molecule has 3 aromatic heterocycles. The van der Waals surface area contributed by atoms with E-state index in [-0.39, 0.29) is 23.2 Å². The fourth-order valence-corrected chi connectivity index (χ4v) is 5.66. The van der Waals surface area contributed by atoms with Crippen molar-refractivity contribution in [2.75, 3.05) is 18.0 Å². The fourth-order valence-electron chi connectivity index (χ4n) is 5.66. The molecule has 1 aromatic carbocycles. The molecule has 4 aromatic rings. The number of imidazole rings is 1. The van der Waals surface area contributed by atoms with Gasteiger partial charge in [-0.2, -0.15) is 4.98 Å². The Labute approximate surface area is 223 Å². The molecule has 1 saturated carbocycles. The number of anilines is 1. The molecule has 1 atom stereocenters. The number of carbonyl (C=O) groups is 1. The molecule has 0 amide bonds. The fraction of sp³-hybridized carbons (Fsp3) is 0.519. The van der Waals surface area contributed by atoms with Gasteiger partial charge >= 0.3 is 11.4 Å². The number of Topliss-reactive ketones (excluding diaryl/α,β-unsaturated/α-hetero) is 1. The van der Waals surface area contributed by atoms with Gasteiger partial charge < -0.3 is 19.6 Å². The SMILES string of the molecule is CCCCn1c(N2CCC[C@@H](N)C2)nc2c1c(=O)n(CC(=O)c1cccc3oc(=O)n(C)c13)c(=O)n2C1CC1. The van der Waals surface area contributed by atoms with Crippen molar-refractivity contribution in [3.05, 3.63) is 55.2 Å². The number of oxazole rings is 1. The zero-order valence-corrected chi connectivity index (χ0v) is 22.3. The number of carbonyl (C=O) groups excluding carboxylic acids is 1. The predicted molar refractivity (Wildman–Crippen MR) is 147 cm³/mol. The Morgan fingerprint density at radius 2 is 1.92 bits per heavy atom. The molecule has 0 radical (unpaired) electrons. The largest absolute Gasteiger partial charge is 0.419 e. The number of hydrogen-bond donors (Lipinski definition) is 1. The number of nitrogens with two attached hydrogens (primary N) is 1. The molecule has 2 aliphatic rings. The zero-order valence-electron chi connectivity index (χ0n) is 22.3. The van der Waals surface area contributed by atoms with Gasteiger partial charge in [0.15, 0.2) is 22.5 Å². The second-order valence-electron chi connectivity index (χ2n) is 10.7. The molecule has 6 rings (SSSR count). The van der Waals surface area contributed by atoms with Crippen molar-refractivity contribution in [2.24, 2.45) is 12.8 Å². The lowest BCUT2D eigenvalue weighted by Gasteiger charge is -2.31. The molecule has 1 saturated heterocycles. The van der Waals surface area contributed by atoms with E-state index in [0.29, 0.717) is 35.7 Å². The summed E-state index contributed by atoms with van der Waals surface area (Å²) in [7, 11) is 1.52. The van der Waals surface area contributed by atoms with E-state index in [0.717, 1.165) is 49.6 Å². The number of benzene rings is 1. The number of aromatic nitrogens is 5. The minimum atomic E-state index is -0.593. The molecule has 0 bridgehead atoms. The third-order valence-corrected chi connectivity index (χ3v) is 7.84. The number of piperidine rings is 1. The van der Waals surface area contributed by atoms with Gasteiger partial charge in [0.05, 0.1) is 6.54 Å². The summed E-state index contributed by atoms with van der Waals surface area (Å²) in [4.78, 5) is 60.4. The van der Waals surface area contributed by atoms with Gasteiger partial charge in [-0.25, -0.2) is 9.59 Å². The van der Waals surface area contributed by atoms with Crippen LogP contribution in [0.1, 0.15) is 61.8 Å². The first-order valence-electron chi connectivity index (χ1n) is 13.7. The number of rotatable bonds is 8. The van der Waals surface area contributed by atoms with Crippen molar-refractivity contribution in [3.8, 4) is 0 Å². The van der Waals surface area contributed by atoms with E-state index < -0.39 is 29.3 Å². The summed E-state index contributed by atoms with van der Waals surface area (Å²) in [6, 6.07) is 4.74. The highest BCUT2D eigenvalue weighted by Crippen LogP contribution is 2.36. The van der Waals surface area contributed by atoms with E-state index in [1.807, 2.05) is 4.57 Å². The third-order valence-electron chi connectivity index (χ3n) is 7.84. The van der Waals surface area contributed by atoms with Crippen molar-refractivity contribution in [1.29, 1.82) is 0 Å². The van der Waals surface area contributed by atoms with Crippen molar-refractivity contribution in [3.63, 3.8) is 0 Å². The van der Waals surface area contributed by atoms with Crippen LogP contribution in [0, 0.1) is 0 Å². The zero-order chi connectivity index (χ0) is 27.4. The average molecular weight is 536 g/mol. The van der Waals surface area contributed by atoms with E-state index in [1.54, 1.807) is 22.8 Å². The lowest BCUT2D eigenvalue weighted by molar-refractivity contribution is 0.0970. The van der Waals surface area contributed by atoms with Gasteiger partial charge in [-0.05, 0) is 44.2 Å². The molecule has 2 fully saturated rings. The van der Waals surface area contributed by atoms with Crippen LogP contribution in [0.2, 0.25) is 0 Å². The summed E-state index contributed by atoms with van der Waals surface area (Å²) in [5.74, 6) is -0.397. The van der Waals surface area contributed by atoms with Crippen LogP contribution in [0.3, 0.4) is 0 Å². The molecule has 0 spiro atoms. The topological polar surface area (TPSA) is 143 Å². The monoisotopic (exact) mass is 535 g/mol. The van der Waals surface area contributed by atoms with E-state index in [9.17, 15) is 19.2 Å². The summed E-state index contributed by atoms with van der Waals surface area (Å²) < 4.78 is 11.0. The Balaban J connectivity index is 1.53. The molecular weight excluding hydrogens is 502 g/mol. The van der Waals surface area contributed by atoms with Crippen molar-refractivity contribution in [1.82, 2.24) is 23.3 Å². The van der Waals surface area contributed by atoms with Crippen LogP contribution >= 0.6 is 0 Å². The summed E-state index contributed by atoms with van der Waals surface area (Å²) in [6.07, 6.45) is 5.22. The quantitative estimate of drug-likeness (QED) is 0.336. The minimum absolute atomic E-state index is 0.0136. The molecule has 1 aliphatic carbocycles. The van der Waals surface area contributed by atoms with Crippen molar-refractivity contribution in [2.45, 2.75) is 70.6 Å². The first kappa shape index (κ1) is 25.4. The molecule has 4 heterocycles. The Kier molecular flexibility index (Phi) is 6.29. The summed E-state index contributed by atoms with van der Waals surface area (Å²) >= 11 is 0. The van der Waals surface area contributed by atoms with Gasteiger partial charge in [0, 0.05) is 44.3 Å². The van der Waals surface area contributed by atoms with Crippen LogP contribution in [0.5, 0.6) is 0 Å². The molecule has 12 nitrogen and oxygen atoms in total. The molecule has 39 heavy (non-hydrogen) atoms. The number of para-hydroxylation sites is 1. The first-order valence-corrected chi connectivity index (χ1v) is 13.7. The Morgan fingerprint density at radius 3 is 2.64 bits per heavy atom. The molecule has 0 unspecified atom stereocenters. The molecule has 2 N–H and O–H groups in total. The molecule has 206 valence electrons. The number of unbranched alkanes of at least 4 members (excludes halogenated alkanes) is 1. The smallest absolute Gasteiger partial charge is 0.408 e. The Bertz CT molecular complexity index is 1770. The van der Waals surface area contributed by atoms with Crippen LogP contribution in [0.25, 0.3) is 22.3 Å². The van der Waals surface area contributed by atoms with Gasteiger partial charge in [0.2, 0.25) is 5.95 Å². The van der Waals surface area contributed by atoms with E-state index >= 15 is 0 Å². The Hall–Kier alpha value is -3.93. The van der Waals surface area contributed by atoms with Crippen molar-refractivity contribution < 1.29 is 9.21 Å². The first-order chi connectivity index (χ1) is 18.8. The highest BCUT2D eigenvalue weighted by atomic mass is 16.4. The van der Waals surface area contributed by atoms with Gasteiger partial charge in [0.25, 0.3) is 5.56 Å². The van der Waals surface area contributed by atoms with E-state index in [4.69, 9.17) is 15.1 Å². The lowest BCUT2D eigenvalue weighted by Crippen LogP contribution is -2.44. The summed E-state index contributed by atoms with van der Waals surface area (Å²) in [5, 5.41) is 0. The maximum atomic E-state index is 14.0. The molecule has 1 aliphatic heterocycles. The predicted octanol–water partition coefficient (Wildman–Crippen LogP) is 1.75. The second-order valence-corrected chi connectivity index (χ2v) is 10.7. The maximum Gasteiger partial charge on any atom is 0.419 e. The molecule has 12 heteroatoms. The highest BCUT2D eigenvalue weighted by molar-refractivity contribution is 6.05. The summed E-state index contributed by atoms with van der Waals surface area (Å²) in [5.41, 5.74) is 6.73. The molecular formula is C27H33N7O5. The van der Waals surface area contributed by atoms with Crippen LogP contribution in [0.4, 0.5) is 5.95 Å². The van der Waals surface area contributed by atoms with E-state index in [2.05, 4.69) is 11.8 Å². The van der Waals surface area contributed by atoms with Gasteiger partial charge in [-0.1, -0.05) is 19.4 Å². The number of ketones is 1. The number of nitrogens with zero attached hydrogens (tertiary/aromatic N) is 6. The standard InChI is InChI=1S/C27H33N7O5/c1-3-4-13-32-22-23(29-25(32)31-12-6-7-16(28)14-31)34(17-10-11-17)26(37)33(24(22)36)15-19(35)18-8-5-9-20-21(18)30(2)27(38)39-20/h5,8-9,16-17H,3-4,6-7,10-15,28H2,1-2H3/t16-/m1/s1. The average Bonchev–Trinajstić information content (AvgIpc) is 3.61. The maximum absolute atomic E-state index is 14.0. The van der Waals surface area contributed by atoms with Crippen molar-refractivity contribution >= 4 is 34.0 Å². The number of aryl methyl sites for hydroxylation is 2. The normalized spacial score (nSPS) is 17.9. The van der Waals surface area contributed by atoms with Gasteiger partial charge in [-0.15, -0.1) is 0 Å². The number of fused-ring (bicyclic) bond motifs is 2. The third kappa shape index (κ3) is 4.22. The highest BCUT2D eigenvalue weighted by Gasteiger charge is 2.33. The minimum Gasteiger partial charge on any atom is -0.408 e. The number of hydrogen-bond acceptors (Lipinski definition) is 8. The van der Waals surface area contributed by atoms with Crippen LogP contribution in [-0.2, 0) is 20.1 Å². The van der Waals surface area contributed by atoms with Crippen LogP contribution in [-0.4, -0.2) is 48.2 Å². The van der Waals surface area contributed by atoms with E-state index in [1.165, 1.54) is 11.6 Å². The van der Waals surface area contributed by atoms with Crippen LogP contribution < -0.4 is 27.6 Å². The van der Waals surface area contributed by atoms with Gasteiger partial charge in [-0.3, -0.25) is 23.3 Å². The van der Waals surface area contributed by atoms with Gasteiger partial charge in [0.1, 0.15) is 5.52 Å². The Morgan fingerprint density at radius 1 is 1.13 bits per heavy atom.